The van der Waals surface area contributed by atoms with Crippen molar-refractivity contribution in [3.05, 3.63) is 0 Å². The summed E-state index contributed by atoms with van der Waals surface area (Å²) in [6.07, 6.45) is 22.3. The average Bonchev–Trinajstić information content (AvgIpc) is 3.14. The van der Waals surface area contributed by atoms with Gasteiger partial charge < -0.3 is 21.9 Å². The number of nitrogens with zero attached hydrogens (tertiary/aromatic N) is 1. The van der Waals surface area contributed by atoms with Crippen LogP contribution in [-0.2, 0) is 9.47 Å². The second-order valence-corrected chi connectivity index (χ2v) is 9.56. The summed E-state index contributed by atoms with van der Waals surface area (Å²) in [5, 5.41) is 0. The van der Waals surface area contributed by atoms with Crippen LogP contribution in [0.15, 0.2) is 0 Å². The third-order valence-electron chi connectivity index (χ3n) is 6.59. The topological polar surface area (TPSA) is 18.5 Å². The maximum absolute atomic E-state index is 6.12. The third kappa shape index (κ3) is 15.1. The highest BCUT2D eigenvalue weighted by atomic mass is 35.5. The van der Waals surface area contributed by atoms with Crippen LogP contribution in [0.3, 0.4) is 0 Å². The van der Waals surface area contributed by atoms with Crippen molar-refractivity contribution in [3.8, 4) is 0 Å². The van der Waals surface area contributed by atoms with Crippen LogP contribution in [0.2, 0.25) is 0 Å². The molecular formula is C26H54ClNO2. The fraction of sp³-hybridized carbons (Fsp3) is 1.00. The first-order valence-corrected chi connectivity index (χ1v) is 13.3. The van der Waals surface area contributed by atoms with Gasteiger partial charge in [-0.05, 0) is 19.3 Å². The molecule has 0 bridgehead atoms. The predicted octanol–water partition coefficient (Wildman–Crippen LogP) is 4.48. The van der Waals surface area contributed by atoms with E-state index in [1.165, 1.54) is 127 Å². The van der Waals surface area contributed by atoms with Gasteiger partial charge in [-0.3, -0.25) is 4.48 Å². The number of hydrogen-bond donors (Lipinski definition) is 0. The lowest BCUT2D eigenvalue weighted by Crippen LogP contribution is -3.00. The molecule has 0 aromatic heterocycles. The Kier molecular flexibility index (Phi) is 21.2. The zero-order valence-corrected chi connectivity index (χ0v) is 21.5. The monoisotopic (exact) mass is 447 g/mol. The zero-order valence-electron chi connectivity index (χ0n) is 20.8. The molecule has 0 amide bonds. The summed E-state index contributed by atoms with van der Waals surface area (Å²) in [7, 11) is 0. The van der Waals surface area contributed by atoms with Gasteiger partial charge in [0.05, 0.1) is 19.7 Å². The maximum atomic E-state index is 6.12. The van der Waals surface area contributed by atoms with Gasteiger partial charge in [0.2, 0.25) is 0 Å². The summed E-state index contributed by atoms with van der Waals surface area (Å²) in [6, 6.07) is 0. The molecule has 0 spiro atoms. The van der Waals surface area contributed by atoms with Crippen LogP contribution in [0, 0.1) is 0 Å². The minimum Gasteiger partial charge on any atom is -1.00 e. The molecule has 3 nitrogen and oxygen atoms in total. The number of unbranched alkanes of at least 4 members (excludes halogenated alkanes) is 13. The highest BCUT2D eigenvalue weighted by Crippen LogP contribution is 2.22. The summed E-state index contributed by atoms with van der Waals surface area (Å²) in [5.74, 6) is 0. The van der Waals surface area contributed by atoms with Gasteiger partial charge >= 0.3 is 0 Å². The van der Waals surface area contributed by atoms with Gasteiger partial charge in [-0.1, -0.05) is 104 Å². The molecule has 0 aromatic carbocycles. The van der Waals surface area contributed by atoms with Crippen molar-refractivity contribution in [3.63, 3.8) is 0 Å². The van der Waals surface area contributed by atoms with E-state index in [4.69, 9.17) is 9.47 Å². The molecule has 1 rings (SSSR count). The van der Waals surface area contributed by atoms with Gasteiger partial charge in [-0.25, -0.2) is 0 Å². The zero-order chi connectivity index (χ0) is 21.0. The van der Waals surface area contributed by atoms with Crippen molar-refractivity contribution in [1.29, 1.82) is 0 Å². The fourth-order valence-electron chi connectivity index (χ4n) is 4.57. The Morgan fingerprint density at radius 2 is 1.13 bits per heavy atom. The van der Waals surface area contributed by atoms with E-state index in [2.05, 4.69) is 20.8 Å². The summed E-state index contributed by atoms with van der Waals surface area (Å²) >= 11 is 0. The van der Waals surface area contributed by atoms with Crippen LogP contribution in [0.4, 0.5) is 0 Å². The third-order valence-corrected chi connectivity index (χ3v) is 6.59. The first kappa shape index (κ1) is 30.2. The van der Waals surface area contributed by atoms with Gasteiger partial charge in [0, 0.05) is 6.61 Å². The molecule has 1 heterocycles. The van der Waals surface area contributed by atoms with Crippen LogP contribution in [0.5, 0.6) is 0 Å². The van der Waals surface area contributed by atoms with E-state index < -0.39 is 0 Å². The first-order valence-electron chi connectivity index (χ1n) is 13.3. The molecule has 0 aromatic rings. The lowest BCUT2D eigenvalue weighted by Gasteiger charge is -2.32. The highest BCUT2D eigenvalue weighted by molar-refractivity contribution is 4.63. The molecule has 182 valence electrons. The molecule has 0 radical (unpaired) electrons. The summed E-state index contributed by atoms with van der Waals surface area (Å²) in [4.78, 5) is 0. The molecule has 1 aliphatic rings. The minimum absolute atomic E-state index is 0. The Labute approximate surface area is 195 Å². The molecule has 1 saturated heterocycles. The molecule has 1 unspecified atom stereocenters. The van der Waals surface area contributed by atoms with Crippen molar-refractivity contribution in [2.75, 3.05) is 39.6 Å². The molecule has 4 heteroatoms. The fourth-order valence-corrected chi connectivity index (χ4v) is 4.57. The van der Waals surface area contributed by atoms with E-state index in [9.17, 15) is 0 Å². The SMILES string of the molecule is CCCCCCCCCCCCCCOCC1C[N+](CCCC)(CCCC)CO1.[Cl-]. The molecule has 30 heavy (non-hydrogen) atoms. The smallest absolute Gasteiger partial charge is 0.183 e. The Bertz CT molecular complexity index is 346. The van der Waals surface area contributed by atoms with Crippen molar-refractivity contribution in [1.82, 2.24) is 0 Å². The number of rotatable bonds is 21. The lowest BCUT2D eigenvalue weighted by atomic mass is 10.1. The highest BCUT2D eigenvalue weighted by Gasteiger charge is 2.38. The average molecular weight is 448 g/mol. The van der Waals surface area contributed by atoms with Gasteiger partial charge in [-0.15, -0.1) is 0 Å². The standard InChI is InChI=1S/C26H54NO2.ClH/c1-4-7-10-11-12-13-14-15-16-17-18-19-22-28-24-26-23-27(25-29-26,20-8-5-2)21-9-6-3;/h26H,4-25H2,1-3H3;1H/q+1;/p-1. The maximum Gasteiger partial charge on any atom is 0.183 e. The normalized spacial score (nSPS) is 17.9. The van der Waals surface area contributed by atoms with Crippen molar-refractivity contribution < 1.29 is 26.4 Å². The van der Waals surface area contributed by atoms with E-state index in [1.807, 2.05) is 0 Å². The van der Waals surface area contributed by atoms with Crippen LogP contribution >= 0.6 is 0 Å². The van der Waals surface area contributed by atoms with Gasteiger partial charge in [-0.2, -0.15) is 0 Å². The van der Waals surface area contributed by atoms with Crippen molar-refractivity contribution in [2.45, 2.75) is 130 Å². The number of halogens is 1. The molecule has 0 N–H and O–H groups in total. The van der Waals surface area contributed by atoms with Gasteiger partial charge in [0.25, 0.3) is 0 Å². The predicted molar refractivity (Wildman–Crippen MR) is 126 cm³/mol. The first-order chi connectivity index (χ1) is 14.3. The minimum atomic E-state index is 0. The molecule has 0 aliphatic carbocycles. The van der Waals surface area contributed by atoms with E-state index in [0.29, 0.717) is 6.10 Å². The second kappa shape index (κ2) is 21.0. The summed E-state index contributed by atoms with van der Waals surface area (Å²) in [5.41, 5.74) is 0. The van der Waals surface area contributed by atoms with Crippen LogP contribution in [0.1, 0.15) is 124 Å². The molecule has 1 fully saturated rings. The summed E-state index contributed by atoms with van der Waals surface area (Å²) < 4.78 is 13.3. The van der Waals surface area contributed by atoms with E-state index in [1.54, 1.807) is 0 Å². The number of hydrogen-bond acceptors (Lipinski definition) is 2. The van der Waals surface area contributed by atoms with Gasteiger partial charge in [0.1, 0.15) is 12.6 Å². The second-order valence-electron chi connectivity index (χ2n) is 9.56. The lowest BCUT2D eigenvalue weighted by molar-refractivity contribution is -0.926. The quantitative estimate of drug-likeness (QED) is 0.191. The van der Waals surface area contributed by atoms with Crippen LogP contribution < -0.4 is 12.4 Å². The van der Waals surface area contributed by atoms with Gasteiger partial charge in [0.15, 0.2) is 6.73 Å². The Hall–Kier alpha value is 0.170. The van der Waals surface area contributed by atoms with Crippen LogP contribution in [0.25, 0.3) is 0 Å². The molecular weight excluding hydrogens is 394 g/mol. The number of quaternary nitrogens is 1. The largest absolute Gasteiger partial charge is 1.00 e. The molecule has 0 saturated carbocycles. The van der Waals surface area contributed by atoms with E-state index in [-0.39, 0.29) is 12.4 Å². The van der Waals surface area contributed by atoms with E-state index in [0.717, 1.165) is 19.9 Å². The van der Waals surface area contributed by atoms with E-state index >= 15 is 0 Å². The number of ether oxygens (including phenoxy) is 2. The molecule has 1 aliphatic heterocycles. The Morgan fingerprint density at radius 3 is 1.63 bits per heavy atom. The van der Waals surface area contributed by atoms with Crippen molar-refractivity contribution in [2.24, 2.45) is 0 Å². The Morgan fingerprint density at radius 1 is 0.667 bits per heavy atom. The van der Waals surface area contributed by atoms with Crippen LogP contribution in [-0.4, -0.2) is 50.2 Å². The summed E-state index contributed by atoms with van der Waals surface area (Å²) in [6.45, 7) is 13.2. The Balaban J connectivity index is 0.00000841. The van der Waals surface area contributed by atoms with Crippen molar-refractivity contribution >= 4 is 0 Å². The molecule has 1 atom stereocenters.